The number of carbonyl (C=O) groups is 1. The van der Waals surface area contributed by atoms with Crippen molar-refractivity contribution in [3.8, 4) is 0 Å². The summed E-state index contributed by atoms with van der Waals surface area (Å²) in [6, 6.07) is 8.26. The summed E-state index contributed by atoms with van der Waals surface area (Å²) in [5, 5.41) is 0. The molecule has 0 aliphatic rings. The first kappa shape index (κ1) is 17.9. The van der Waals surface area contributed by atoms with E-state index in [-0.39, 0.29) is 5.78 Å². The van der Waals surface area contributed by atoms with E-state index in [1.807, 2.05) is 12.1 Å². The van der Waals surface area contributed by atoms with Gasteiger partial charge in [0.25, 0.3) is 0 Å². The van der Waals surface area contributed by atoms with Crippen molar-refractivity contribution in [2.45, 2.75) is 73.1 Å². The molecule has 0 fully saturated rings. The predicted molar refractivity (Wildman–Crippen MR) is 91.9 cm³/mol. The average Bonchev–Trinajstić information content (AvgIpc) is 2.37. The molecule has 0 spiro atoms. The molecule has 1 heteroatoms. The molecule has 0 aliphatic carbocycles. The summed E-state index contributed by atoms with van der Waals surface area (Å²) in [7, 11) is 0. The van der Waals surface area contributed by atoms with E-state index in [1.165, 1.54) is 24.8 Å². The van der Waals surface area contributed by atoms with Crippen LogP contribution in [0, 0.1) is 11.3 Å². The van der Waals surface area contributed by atoms with Crippen LogP contribution in [0.25, 0.3) is 0 Å². The zero-order valence-electron chi connectivity index (χ0n) is 14.5. The summed E-state index contributed by atoms with van der Waals surface area (Å²) in [4.78, 5) is 12.3. The molecule has 1 atom stereocenters. The fourth-order valence-corrected chi connectivity index (χ4v) is 2.99. The van der Waals surface area contributed by atoms with Crippen molar-refractivity contribution in [3.05, 3.63) is 35.4 Å². The number of aryl methyl sites for hydroxylation is 1. The third-order valence-corrected chi connectivity index (χ3v) is 3.84. The van der Waals surface area contributed by atoms with Gasteiger partial charge >= 0.3 is 0 Å². The van der Waals surface area contributed by atoms with Crippen molar-refractivity contribution in [1.82, 2.24) is 0 Å². The Morgan fingerprint density at radius 3 is 2.24 bits per heavy atom. The molecule has 1 aromatic rings. The highest BCUT2D eigenvalue weighted by Crippen LogP contribution is 2.26. The molecule has 0 N–H and O–H groups in total. The van der Waals surface area contributed by atoms with Crippen LogP contribution in [0.2, 0.25) is 0 Å². The fourth-order valence-electron chi connectivity index (χ4n) is 2.99. The van der Waals surface area contributed by atoms with Gasteiger partial charge in [0.05, 0.1) is 0 Å². The predicted octanol–water partition coefficient (Wildman–Crippen LogP) is 6.06. The minimum absolute atomic E-state index is 0.284. The van der Waals surface area contributed by atoms with Gasteiger partial charge in [-0.1, -0.05) is 71.7 Å². The van der Waals surface area contributed by atoms with E-state index in [2.05, 4.69) is 46.8 Å². The maximum atomic E-state index is 12.3. The Hall–Kier alpha value is -1.11. The molecule has 0 aliphatic heterocycles. The molecule has 1 nitrogen and oxygen atoms in total. The average molecular weight is 288 g/mol. The van der Waals surface area contributed by atoms with Gasteiger partial charge in [0.1, 0.15) is 0 Å². The Labute approximate surface area is 131 Å². The van der Waals surface area contributed by atoms with Gasteiger partial charge in [-0.2, -0.15) is 0 Å². The van der Waals surface area contributed by atoms with Crippen LogP contribution in [0.5, 0.6) is 0 Å². The van der Waals surface area contributed by atoms with Crippen LogP contribution in [0.1, 0.15) is 82.6 Å². The van der Waals surface area contributed by atoms with Gasteiger partial charge in [-0.3, -0.25) is 4.79 Å². The minimum Gasteiger partial charge on any atom is -0.294 e. The first-order valence-corrected chi connectivity index (χ1v) is 8.44. The van der Waals surface area contributed by atoms with Crippen molar-refractivity contribution >= 4 is 5.78 Å². The Bertz CT molecular complexity index is 422. The highest BCUT2D eigenvalue weighted by Gasteiger charge is 2.18. The van der Waals surface area contributed by atoms with E-state index >= 15 is 0 Å². The van der Waals surface area contributed by atoms with Gasteiger partial charge in [0, 0.05) is 12.0 Å². The second-order valence-electron chi connectivity index (χ2n) is 7.65. The summed E-state index contributed by atoms with van der Waals surface area (Å²) >= 11 is 0. The molecule has 1 unspecified atom stereocenters. The number of unbranched alkanes of at least 4 members (excludes halogenated alkanes) is 2. The number of hydrogen-bond donors (Lipinski definition) is 0. The second-order valence-corrected chi connectivity index (χ2v) is 7.65. The van der Waals surface area contributed by atoms with Crippen LogP contribution in [0.4, 0.5) is 0 Å². The van der Waals surface area contributed by atoms with Crippen molar-refractivity contribution in [1.29, 1.82) is 0 Å². The summed E-state index contributed by atoms with van der Waals surface area (Å²) in [5.41, 5.74) is 2.51. The van der Waals surface area contributed by atoms with Gasteiger partial charge in [-0.25, -0.2) is 0 Å². The molecule has 1 rings (SSSR count). The third-order valence-electron chi connectivity index (χ3n) is 3.84. The Balaban J connectivity index is 2.51. The number of ketones is 1. The quantitative estimate of drug-likeness (QED) is 0.419. The van der Waals surface area contributed by atoms with E-state index < -0.39 is 0 Å². The number of rotatable bonds is 8. The normalized spacial score (nSPS) is 13.2. The van der Waals surface area contributed by atoms with Crippen LogP contribution in [0.15, 0.2) is 24.3 Å². The van der Waals surface area contributed by atoms with E-state index in [1.54, 1.807) is 0 Å². The summed E-state index contributed by atoms with van der Waals surface area (Å²) in [6.45, 7) is 11.1. The first-order chi connectivity index (χ1) is 9.81. The molecule has 0 saturated carbocycles. The third kappa shape index (κ3) is 7.45. The molecule has 0 saturated heterocycles. The molecular weight excluding hydrogens is 256 g/mol. The maximum absolute atomic E-state index is 12.3. The Kier molecular flexibility index (Phi) is 7.14. The summed E-state index contributed by atoms with van der Waals surface area (Å²) in [5.74, 6) is 0.730. The van der Waals surface area contributed by atoms with Crippen molar-refractivity contribution in [2.75, 3.05) is 0 Å². The molecule has 1 aromatic carbocycles. The molecule has 0 bridgehead atoms. The van der Waals surface area contributed by atoms with E-state index in [4.69, 9.17) is 0 Å². The Morgan fingerprint density at radius 2 is 1.71 bits per heavy atom. The van der Waals surface area contributed by atoms with Crippen LogP contribution < -0.4 is 0 Å². The smallest absolute Gasteiger partial charge is 0.163 e. The lowest BCUT2D eigenvalue weighted by molar-refractivity contribution is 0.0954. The zero-order chi connectivity index (χ0) is 15.9. The van der Waals surface area contributed by atoms with Crippen LogP contribution in [0.3, 0.4) is 0 Å². The largest absolute Gasteiger partial charge is 0.294 e. The zero-order valence-corrected chi connectivity index (χ0v) is 14.5. The van der Waals surface area contributed by atoms with Gasteiger partial charge in [-0.05, 0) is 36.2 Å². The number of Topliss-reactive ketones (excluding diaryl/α,β-unsaturated/α-hetero) is 1. The van der Waals surface area contributed by atoms with E-state index in [0.29, 0.717) is 17.8 Å². The molecule has 0 amide bonds. The first-order valence-electron chi connectivity index (χ1n) is 8.44. The molecule has 0 aromatic heterocycles. The number of carbonyl (C=O) groups excluding carboxylic acids is 1. The number of hydrogen-bond acceptors (Lipinski definition) is 1. The molecule has 21 heavy (non-hydrogen) atoms. The minimum atomic E-state index is 0.284. The second kappa shape index (κ2) is 8.36. The highest BCUT2D eigenvalue weighted by molar-refractivity contribution is 5.96. The SMILES string of the molecule is CCCCCc1ccc(C(=O)CC(C)CC(C)(C)C)cc1. The molecule has 118 valence electrons. The fraction of sp³-hybridized carbons (Fsp3) is 0.650. The van der Waals surface area contributed by atoms with Crippen LogP contribution in [-0.2, 0) is 6.42 Å². The topological polar surface area (TPSA) is 17.1 Å². The lowest BCUT2D eigenvalue weighted by Gasteiger charge is -2.22. The van der Waals surface area contributed by atoms with Crippen LogP contribution >= 0.6 is 0 Å². The van der Waals surface area contributed by atoms with Crippen LogP contribution in [-0.4, -0.2) is 5.78 Å². The molecule has 0 heterocycles. The van der Waals surface area contributed by atoms with Gasteiger partial charge in [0.15, 0.2) is 5.78 Å². The molecule has 0 radical (unpaired) electrons. The lowest BCUT2D eigenvalue weighted by atomic mass is 9.83. The van der Waals surface area contributed by atoms with Crippen molar-refractivity contribution in [3.63, 3.8) is 0 Å². The highest BCUT2D eigenvalue weighted by atomic mass is 16.1. The molecular formula is C20H32O. The lowest BCUT2D eigenvalue weighted by Crippen LogP contribution is -2.14. The monoisotopic (exact) mass is 288 g/mol. The Morgan fingerprint density at radius 1 is 1.10 bits per heavy atom. The number of benzene rings is 1. The summed E-state index contributed by atoms with van der Waals surface area (Å²) < 4.78 is 0. The van der Waals surface area contributed by atoms with E-state index in [9.17, 15) is 4.79 Å². The van der Waals surface area contributed by atoms with Crippen molar-refractivity contribution in [2.24, 2.45) is 11.3 Å². The summed E-state index contributed by atoms with van der Waals surface area (Å²) in [6.07, 6.45) is 6.66. The maximum Gasteiger partial charge on any atom is 0.163 e. The van der Waals surface area contributed by atoms with Gasteiger partial charge in [0.2, 0.25) is 0 Å². The van der Waals surface area contributed by atoms with Gasteiger partial charge < -0.3 is 0 Å². The van der Waals surface area contributed by atoms with Crippen molar-refractivity contribution < 1.29 is 4.79 Å². The standard InChI is InChI=1S/C20H32O/c1-6-7-8-9-17-10-12-18(13-11-17)19(21)14-16(2)15-20(3,4)5/h10-13,16H,6-9,14-15H2,1-5H3. The van der Waals surface area contributed by atoms with E-state index in [0.717, 1.165) is 18.4 Å². The van der Waals surface area contributed by atoms with Gasteiger partial charge in [-0.15, -0.1) is 0 Å².